The monoisotopic (exact) mass is 343 g/mol. The van der Waals surface area contributed by atoms with Gasteiger partial charge in [-0.15, -0.1) is 0 Å². The minimum Gasteiger partial charge on any atom is -0.461 e. The third-order valence-electron chi connectivity index (χ3n) is 3.59. The topological polar surface area (TPSA) is 73.9 Å². The molecule has 1 saturated carbocycles. The lowest BCUT2D eigenvalue weighted by Gasteiger charge is -2.29. The molecule has 1 aliphatic carbocycles. The zero-order chi connectivity index (χ0) is 18.5. The second kappa shape index (κ2) is 8.19. The smallest absolute Gasteiger partial charge is 0.408 e. The second-order valence-electron chi connectivity index (χ2n) is 8.33. The summed E-state index contributed by atoms with van der Waals surface area (Å²) in [4.78, 5) is 23.8. The molecule has 0 saturated heterocycles. The lowest BCUT2D eigenvalue weighted by atomic mass is 10.0. The van der Waals surface area contributed by atoms with Crippen molar-refractivity contribution in [2.45, 2.75) is 91.1 Å². The van der Waals surface area contributed by atoms with Crippen molar-refractivity contribution in [3.63, 3.8) is 0 Å². The highest BCUT2D eigenvalue weighted by molar-refractivity contribution is 5.81. The highest BCUT2D eigenvalue weighted by Crippen LogP contribution is 2.31. The van der Waals surface area contributed by atoms with E-state index in [2.05, 4.69) is 5.32 Å². The average molecular weight is 343 g/mol. The molecule has 6 nitrogen and oxygen atoms in total. The summed E-state index contributed by atoms with van der Waals surface area (Å²) in [5.74, 6) is 0.214. The highest BCUT2D eigenvalue weighted by atomic mass is 16.6. The molecule has 0 radical (unpaired) electrons. The molecule has 0 spiro atoms. The van der Waals surface area contributed by atoms with Crippen molar-refractivity contribution >= 4 is 12.1 Å². The summed E-state index contributed by atoms with van der Waals surface area (Å²) >= 11 is 0. The fraction of sp³-hybridized carbons (Fsp3) is 0.889. The van der Waals surface area contributed by atoms with Gasteiger partial charge in [-0.25, -0.2) is 9.59 Å². The van der Waals surface area contributed by atoms with Crippen LogP contribution in [0, 0.1) is 5.92 Å². The highest BCUT2D eigenvalue weighted by Gasteiger charge is 2.29. The Bertz CT molecular complexity index is 437. The van der Waals surface area contributed by atoms with Gasteiger partial charge in [0.15, 0.2) is 0 Å². The molecule has 0 heterocycles. The van der Waals surface area contributed by atoms with Crippen molar-refractivity contribution in [2.75, 3.05) is 6.61 Å². The minimum atomic E-state index is -0.766. The molecule has 1 aliphatic rings. The zero-order valence-corrected chi connectivity index (χ0v) is 16.1. The maximum Gasteiger partial charge on any atom is 0.408 e. The number of carbonyl (C=O) groups excluding carboxylic acids is 2. The molecule has 6 heteroatoms. The number of alkyl carbamates (subject to hydrolysis) is 1. The van der Waals surface area contributed by atoms with Gasteiger partial charge >= 0.3 is 12.1 Å². The standard InChI is InChI=1S/C18H33NO5/c1-12(10-18(6,7)22-11-14-8-9-14)23-15(20)13(2)19-16(21)24-17(3,4)5/h12-14H,8-11H2,1-7H3,(H,19,21)/t12-,13-/m0/s1. The third kappa shape index (κ3) is 9.11. The van der Waals surface area contributed by atoms with E-state index in [9.17, 15) is 9.59 Å². The summed E-state index contributed by atoms with van der Waals surface area (Å²) in [6.45, 7) is 13.5. The number of hydrogen-bond acceptors (Lipinski definition) is 5. The fourth-order valence-corrected chi connectivity index (χ4v) is 2.26. The quantitative estimate of drug-likeness (QED) is 0.684. The van der Waals surface area contributed by atoms with Crippen LogP contribution in [0.3, 0.4) is 0 Å². The van der Waals surface area contributed by atoms with E-state index in [4.69, 9.17) is 14.2 Å². The van der Waals surface area contributed by atoms with E-state index in [1.54, 1.807) is 27.7 Å². The Morgan fingerprint density at radius 2 is 1.71 bits per heavy atom. The first-order chi connectivity index (χ1) is 10.9. The lowest BCUT2D eigenvalue weighted by Crippen LogP contribution is -2.43. The van der Waals surface area contributed by atoms with Gasteiger partial charge in [-0.2, -0.15) is 0 Å². The average Bonchev–Trinajstić information content (AvgIpc) is 3.16. The van der Waals surface area contributed by atoms with Gasteiger partial charge in [0.1, 0.15) is 17.7 Å². The van der Waals surface area contributed by atoms with Crippen LogP contribution in [0.2, 0.25) is 0 Å². The minimum absolute atomic E-state index is 0.297. The van der Waals surface area contributed by atoms with Gasteiger partial charge < -0.3 is 19.5 Å². The SMILES string of the molecule is C[C@H](NC(=O)OC(C)(C)C)C(=O)O[C@@H](C)CC(C)(C)OCC1CC1. The number of hydrogen-bond donors (Lipinski definition) is 1. The normalized spacial score (nSPS) is 17.8. The van der Waals surface area contributed by atoms with Crippen LogP contribution in [-0.4, -0.2) is 42.0 Å². The Balaban J connectivity index is 2.34. The number of ether oxygens (including phenoxy) is 3. The number of nitrogens with one attached hydrogen (secondary N) is 1. The van der Waals surface area contributed by atoms with Crippen LogP contribution in [0.4, 0.5) is 4.79 Å². The molecular formula is C18H33NO5. The van der Waals surface area contributed by atoms with E-state index >= 15 is 0 Å². The summed E-state index contributed by atoms with van der Waals surface area (Å²) in [6.07, 6.45) is 2.16. The maximum absolute atomic E-state index is 12.1. The zero-order valence-electron chi connectivity index (χ0n) is 16.1. The Labute approximate surface area is 145 Å². The molecule has 0 aromatic heterocycles. The van der Waals surface area contributed by atoms with Gasteiger partial charge in [-0.3, -0.25) is 0 Å². The molecule has 0 unspecified atom stereocenters. The second-order valence-corrected chi connectivity index (χ2v) is 8.33. The summed E-state index contributed by atoms with van der Waals surface area (Å²) in [6, 6.07) is -0.766. The molecule has 2 atom stereocenters. The van der Waals surface area contributed by atoms with Crippen molar-refractivity contribution in [3.8, 4) is 0 Å². The van der Waals surface area contributed by atoms with Crippen molar-refractivity contribution in [3.05, 3.63) is 0 Å². The van der Waals surface area contributed by atoms with Crippen LogP contribution < -0.4 is 5.32 Å². The van der Waals surface area contributed by atoms with E-state index in [0.717, 1.165) is 6.61 Å². The van der Waals surface area contributed by atoms with E-state index < -0.39 is 23.7 Å². The molecule has 1 amide bonds. The number of amides is 1. The van der Waals surface area contributed by atoms with Gasteiger partial charge in [0.25, 0.3) is 0 Å². The van der Waals surface area contributed by atoms with Crippen molar-refractivity contribution in [2.24, 2.45) is 5.92 Å². The first-order valence-electron chi connectivity index (χ1n) is 8.72. The largest absolute Gasteiger partial charge is 0.461 e. The van der Waals surface area contributed by atoms with Gasteiger partial charge in [0.05, 0.1) is 12.2 Å². The molecule has 1 rings (SSSR count). The van der Waals surface area contributed by atoms with Gasteiger partial charge in [0, 0.05) is 6.42 Å². The predicted octanol–water partition coefficient (Wildman–Crippen LogP) is 3.43. The Kier molecular flexibility index (Phi) is 7.08. The fourth-order valence-electron chi connectivity index (χ4n) is 2.26. The summed E-state index contributed by atoms with van der Waals surface area (Å²) < 4.78 is 16.4. The Hall–Kier alpha value is -1.30. The van der Waals surface area contributed by atoms with E-state index in [0.29, 0.717) is 12.3 Å². The first kappa shape index (κ1) is 20.7. The molecular weight excluding hydrogens is 310 g/mol. The maximum atomic E-state index is 12.1. The van der Waals surface area contributed by atoms with Gasteiger partial charge in [-0.1, -0.05) is 0 Å². The van der Waals surface area contributed by atoms with Crippen LogP contribution >= 0.6 is 0 Å². The van der Waals surface area contributed by atoms with Crippen LogP contribution in [0.5, 0.6) is 0 Å². The van der Waals surface area contributed by atoms with Crippen LogP contribution in [0.25, 0.3) is 0 Å². The van der Waals surface area contributed by atoms with E-state index in [1.807, 2.05) is 20.8 Å². The van der Waals surface area contributed by atoms with Crippen LogP contribution in [0.15, 0.2) is 0 Å². The van der Waals surface area contributed by atoms with E-state index in [-0.39, 0.29) is 11.7 Å². The third-order valence-corrected chi connectivity index (χ3v) is 3.59. The van der Waals surface area contributed by atoms with Crippen LogP contribution in [0.1, 0.15) is 67.7 Å². The lowest BCUT2D eigenvalue weighted by molar-refractivity contribution is -0.153. The van der Waals surface area contributed by atoms with Crippen molar-refractivity contribution in [1.29, 1.82) is 0 Å². The molecule has 0 aliphatic heterocycles. The summed E-state index contributed by atoms with van der Waals surface area (Å²) in [5, 5.41) is 2.49. The molecule has 24 heavy (non-hydrogen) atoms. The summed E-state index contributed by atoms with van der Waals surface area (Å²) in [5.41, 5.74) is -0.950. The Morgan fingerprint density at radius 1 is 1.12 bits per heavy atom. The summed E-state index contributed by atoms with van der Waals surface area (Å²) in [7, 11) is 0. The predicted molar refractivity (Wildman–Crippen MR) is 91.8 cm³/mol. The molecule has 0 aromatic rings. The van der Waals surface area contributed by atoms with E-state index in [1.165, 1.54) is 12.8 Å². The first-order valence-corrected chi connectivity index (χ1v) is 8.72. The van der Waals surface area contributed by atoms with Gasteiger partial charge in [-0.05, 0) is 67.2 Å². The van der Waals surface area contributed by atoms with Gasteiger partial charge in [0.2, 0.25) is 0 Å². The van der Waals surface area contributed by atoms with Crippen molar-refractivity contribution < 1.29 is 23.8 Å². The molecule has 140 valence electrons. The van der Waals surface area contributed by atoms with Crippen LogP contribution in [-0.2, 0) is 19.0 Å². The number of carbonyl (C=O) groups is 2. The molecule has 1 N–H and O–H groups in total. The van der Waals surface area contributed by atoms with Crippen molar-refractivity contribution in [1.82, 2.24) is 5.32 Å². The molecule has 1 fully saturated rings. The molecule has 0 bridgehead atoms. The number of esters is 1. The molecule has 0 aromatic carbocycles. The number of rotatable bonds is 8. The Morgan fingerprint density at radius 3 is 2.21 bits per heavy atom.